The predicted octanol–water partition coefficient (Wildman–Crippen LogP) is 1.32. The molecule has 0 spiro atoms. The smallest absolute Gasteiger partial charge is 0.450 e. The van der Waals surface area contributed by atoms with Crippen LogP contribution in [-0.2, 0) is 41.7 Å². The number of rotatable bonds is 16. The molecule has 368 valence electrons. The Morgan fingerprint density at radius 3 is 1.51 bits per heavy atom. The molecule has 4 heterocycles. The number of nitrogens with one attached hydrogen (secondary N) is 3. The molecule has 0 unspecified atom stereocenters. The molecule has 0 aromatic carbocycles. The minimum absolute atomic E-state index is 0. The number of ether oxygens (including phenoxy) is 3. The van der Waals surface area contributed by atoms with E-state index in [1.54, 1.807) is 73.1 Å². The van der Waals surface area contributed by atoms with Crippen molar-refractivity contribution in [2.75, 3.05) is 79.5 Å². The largest absolute Gasteiger partial charge is 1.00 e. The van der Waals surface area contributed by atoms with Crippen molar-refractivity contribution in [3.8, 4) is 0 Å². The molecule has 1 aliphatic rings. The fourth-order valence-corrected chi connectivity index (χ4v) is 4.13. The van der Waals surface area contributed by atoms with E-state index in [9.17, 15) is 24.0 Å². The summed E-state index contributed by atoms with van der Waals surface area (Å²) in [5.74, 6) is -0.145. The molecule has 4 amide bonds. The third-order valence-corrected chi connectivity index (χ3v) is 7.61. The zero-order valence-electron chi connectivity index (χ0n) is 40.1. The van der Waals surface area contributed by atoms with Crippen LogP contribution >= 0.6 is 35.6 Å². The Bertz CT molecular complexity index is 1540. The van der Waals surface area contributed by atoms with Crippen LogP contribution < -0.4 is 56.2 Å². The number of nitrogens with two attached hydrogens (primary N) is 1. The van der Waals surface area contributed by atoms with Gasteiger partial charge >= 0.3 is 41.7 Å². The van der Waals surface area contributed by atoms with Crippen molar-refractivity contribution in [2.24, 2.45) is 5.73 Å². The molecule has 0 bridgehead atoms. The van der Waals surface area contributed by atoms with Crippen LogP contribution in [0.25, 0.3) is 0 Å². The number of hydrogen-bond acceptors (Lipinski definition) is 13. The third kappa shape index (κ3) is 48.3. The number of hydrogen-bond donors (Lipinski definition) is 4. The maximum absolute atomic E-state index is 11.7. The van der Waals surface area contributed by atoms with Gasteiger partial charge in [0.2, 0.25) is 17.1 Å². The van der Waals surface area contributed by atoms with Crippen molar-refractivity contribution >= 4 is 64.9 Å². The van der Waals surface area contributed by atoms with Crippen LogP contribution in [0, 0.1) is 0 Å². The van der Waals surface area contributed by atoms with Gasteiger partial charge in [0.05, 0.1) is 18.5 Å². The van der Waals surface area contributed by atoms with Gasteiger partial charge in [0.1, 0.15) is 24.3 Å². The van der Waals surface area contributed by atoms with Crippen molar-refractivity contribution in [3.63, 3.8) is 0 Å². The number of nitrogens with zero attached hydrogens (tertiary/aromatic N) is 8. The summed E-state index contributed by atoms with van der Waals surface area (Å²) in [6, 6.07) is 0. The van der Waals surface area contributed by atoms with E-state index in [1.165, 1.54) is 29.0 Å². The summed E-state index contributed by atoms with van der Waals surface area (Å²) in [5, 5.41) is 8.14. The Hall–Kier alpha value is -3.47. The second kappa shape index (κ2) is 43.1. The number of aromatic nitrogens is 6. The van der Waals surface area contributed by atoms with E-state index in [0.717, 1.165) is 32.6 Å². The van der Waals surface area contributed by atoms with E-state index in [4.69, 9.17) is 43.1 Å². The number of halogens is 3. The molecule has 3 aromatic heterocycles. The standard InChI is InChI=1S/C14H24N4O3.C9H16N4O.C9H20N2O2.C4H8O.C3H3N2.C2H2Cl2O.ClH.Na/c1-14(2,3)21-13(20)17(4)8-5-6-16-12(19)10-18-9-7-15-11-18;1-10-3-2-4-12-9(14)7-13-6-5-11-8-13;1-9(2,3)13-8(12)11(4)7-5-6-10;1-2-4-5-3-1;1-2-5-3-4-1;3-1-2(4)5;;/h7,9,11H,5-6,8,10H2,1-4H3,(H,16,19);5-6,8,10H,2-4,7H2,1H3,(H,12,14);5-7,10H2,1-4H3;1-4H2;1-3H;1H2;1H;/q;;;;-1;;;+1. The molecule has 0 saturated carbocycles. The van der Waals surface area contributed by atoms with Gasteiger partial charge < -0.3 is 64.8 Å². The van der Waals surface area contributed by atoms with Crippen LogP contribution in [0.5, 0.6) is 0 Å². The molecule has 0 radical (unpaired) electrons. The first kappa shape index (κ1) is 68.1. The number of alkyl halides is 1. The summed E-state index contributed by atoms with van der Waals surface area (Å²) in [5.41, 5.74) is 4.41. The van der Waals surface area contributed by atoms with Crippen LogP contribution in [0.15, 0.2) is 56.2 Å². The Balaban J connectivity index is -0.000000371. The second-order valence-electron chi connectivity index (χ2n) is 15.4. The van der Waals surface area contributed by atoms with E-state index >= 15 is 0 Å². The van der Waals surface area contributed by atoms with Crippen molar-refractivity contribution in [2.45, 2.75) is 97.9 Å². The first-order valence-electron chi connectivity index (χ1n) is 20.6. The second-order valence-corrected chi connectivity index (χ2v) is 16.1. The molecule has 5 N–H and O–H groups in total. The minimum Gasteiger partial charge on any atom is -0.450 e. The summed E-state index contributed by atoms with van der Waals surface area (Å²) < 4.78 is 18.8. The summed E-state index contributed by atoms with van der Waals surface area (Å²) in [6.45, 7) is 17.5. The molecule has 1 fully saturated rings. The molecule has 3 aromatic rings. The third-order valence-electron chi connectivity index (χ3n) is 7.10. The van der Waals surface area contributed by atoms with Gasteiger partial charge in [-0.1, -0.05) is 18.7 Å². The monoisotopic (exact) mass is 990 g/mol. The van der Waals surface area contributed by atoms with E-state index in [0.29, 0.717) is 45.7 Å². The van der Waals surface area contributed by atoms with Gasteiger partial charge in [-0.25, -0.2) is 19.6 Å². The van der Waals surface area contributed by atoms with Crippen LogP contribution in [0.3, 0.4) is 0 Å². The van der Waals surface area contributed by atoms with Crippen LogP contribution in [0.2, 0.25) is 0 Å². The van der Waals surface area contributed by atoms with E-state index in [1.807, 2.05) is 48.6 Å². The zero-order chi connectivity index (χ0) is 47.9. The van der Waals surface area contributed by atoms with E-state index < -0.39 is 16.4 Å². The quantitative estimate of drug-likeness (QED) is 0.0685. The summed E-state index contributed by atoms with van der Waals surface area (Å²) >= 11 is 9.55. The molecule has 24 heteroatoms. The summed E-state index contributed by atoms with van der Waals surface area (Å²) in [6.07, 6.45) is 19.1. The number of carbonyl (C=O) groups excluding carboxylic acids is 5. The molecule has 65 heavy (non-hydrogen) atoms. The number of imidazole rings is 3. The van der Waals surface area contributed by atoms with E-state index in [2.05, 4.69) is 35.9 Å². The van der Waals surface area contributed by atoms with Crippen LogP contribution in [-0.4, -0.2) is 154 Å². The topological polar surface area (TPSA) is 244 Å². The average Bonchev–Trinajstić information content (AvgIpc) is 4.07. The van der Waals surface area contributed by atoms with Gasteiger partial charge in [0.15, 0.2) is 0 Å². The zero-order valence-corrected chi connectivity index (χ0v) is 44.4. The first-order chi connectivity index (χ1) is 29.7. The fourth-order valence-electron chi connectivity index (χ4n) is 4.13. The molecule has 20 nitrogen and oxygen atoms in total. The van der Waals surface area contributed by atoms with Gasteiger partial charge in [0.25, 0.3) is 0 Å². The Labute approximate surface area is 424 Å². The van der Waals surface area contributed by atoms with Crippen molar-refractivity contribution in [1.82, 2.24) is 54.8 Å². The van der Waals surface area contributed by atoms with Gasteiger partial charge in [-0.05, 0) is 105 Å². The number of amides is 4. The first-order valence-corrected chi connectivity index (χ1v) is 21.5. The van der Waals surface area contributed by atoms with Crippen LogP contribution in [0.4, 0.5) is 9.59 Å². The normalized spacial score (nSPS) is 11.0. The molecule has 4 rings (SSSR count). The molecule has 1 saturated heterocycles. The van der Waals surface area contributed by atoms with Crippen LogP contribution in [0.1, 0.15) is 73.6 Å². The molecule has 0 atom stereocenters. The summed E-state index contributed by atoms with van der Waals surface area (Å²) in [4.78, 5) is 73.4. The van der Waals surface area contributed by atoms with E-state index in [-0.39, 0.29) is 78.4 Å². The number of carbonyl (C=O) groups is 5. The maximum Gasteiger partial charge on any atom is 1.00 e. The van der Waals surface area contributed by atoms with Crippen molar-refractivity contribution in [1.29, 1.82) is 0 Å². The van der Waals surface area contributed by atoms with Gasteiger partial charge in [0, 0.05) is 78.3 Å². The SMILES string of the molecule is C1CCOC1.CN(CCCN)C(=O)OC(C)(C)C.CN(CCCNC(=O)Cn1ccnc1)C(=O)OC(C)(C)C.CNCCCNC(=O)Cn1ccnc1.Cl.O=C(Cl)CCl.[Na+].c1c[n-]cn1. The Morgan fingerprint density at radius 1 is 0.769 bits per heavy atom. The average molecular weight is 992 g/mol. The van der Waals surface area contributed by atoms with Crippen molar-refractivity contribution < 1.29 is 67.7 Å². The van der Waals surface area contributed by atoms with Gasteiger partial charge in [-0.3, -0.25) is 14.4 Å². The van der Waals surface area contributed by atoms with Crippen molar-refractivity contribution in [3.05, 3.63) is 56.2 Å². The molecule has 1 aliphatic heterocycles. The Morgan fingerprint density at radius 2 is 1.22 bits per heavy atom. The molecular weight excluding hydrogens is 918 g/mol. The minimum atomic E-state index is -0.508. The summed E-state index contributed by atoms with van der Waals surface area (Å²) in [7, 11) is 5.29. The molecule has 0 aliphatic carbocycles. The molecular formula is C41H74Cl3N12NaO8. The fraction of sp³-hybridized carbons (Fsp3) is 0.659. The van der Waals surface area contributed by atoms with Gasteiger partial charge in [-0.2, -0.15) is 0 Å². The van der Waals surface area contributed by atoms with Gasteiger partial charge in [-0.15, -0.1) is 24.0 Å². The predicted molar refractivity (Wildman–Crippen MR) is 251 cm³/mol. The Kier molecular flexibility index (Phi) is 45.2. The maximum atomic E-state index is 11.7.